The van der Waals surface area contributed by atoms with Gasteiger partial charge in [0.05, 0.1) is 7.11 Å². The second-order valence-electron chi connectivity index (χ2n) is 5.01. The van der Waals surface area contributed by atoms with Gasteiger partial charge in [0.15, 0.2) is 0 Å². The number of aliphatic hydroxyl groups is 1. The van der Waals surface area contributed by atoms with E-state index in [1.54, 1.807) is 37.5 Å². The second-order valence-corrected chi connectivity index (χ2v) is 5.01. The summed E-state index contributed by atoms with van der Waals surface area (Å²) >= 11 is 0. The molecule has 1 aromatic heterocycles. The van der Waals surface area contributed by atoms with E-state index >= 15 is 0 Å². The number of rotatable bonds is 3. The molecule has 0 bridgehead atoms. The lowest BCUT2D eigenvalue weighted by Crippen LogP contribution is -2.57. The highest BCUT2D eigenvalue weighted by molar-refractivity contribution is 5.62. The molecular formula is C17H18N2O4. The number of aliphatic hydroxyl groups excluding tert-OH is 1. The largest absolute Gasteiger partial charge is 0.507 e. The third kappa shape index (κ3) is 3.11. The van der Waals surface area contributed by atoms with E-state index in [4.69, 9.17) is 4.74 Å². The molecular weight excluding hydrogens is 296 g/mol. The number of benzene rings is 1. The standard InChI is InChI=1S/C17H18N2O4/c1-11-18(2)16(21)15(17(22)19(11)3)14(20)10-7-12-5-8-13(23-4)9-6-12/h5-10,20H,1H2,2-4H3/b10-7+. The van der Waals surface area contributed by atoms with Gasteiger partial charge in [0.1, 0.15) is 22.2 Å². The Labute approximate surface area is 132 Å². The number of nitrogens with zero attached hydrogens (tertiary/aromatic N) is 2. The Morgan fingerprint density at radius 1 is 1.13 bits per heavy atom. The molecule has 2 aromatic rings. The van der Waals surface area contributed by atoms with Crippen molar-refractivity contribution in [1.29, 1.82) is 0 Å². The zero-order valence-electron chi connectivity index (χ0n) is 13.2. The number of methoxy groups -OCH3 is 1. The van der Waals surface area contributed by atoms with E-state index in [9.17, 15) is 14.7 Å². The average molecular weight is 314 g/mol. The van der Waals surface area contributed by atoms with E-state index in [1.165, 1.54) is 29.3 Å². The van der Waals surface area contributed by atoms with Gasteiger partial charge in [-0.3, -0.25) is 18.7 Å². The van der Waals surface area contributed by atoms with E-state index < -0.39 is 11.1 Å². The molecule has 0 saturated carbocycles. The lowest BCUT2D eigenvalue weighted by atomic mass is 10.2. The predicted octanol–water partition coefficient (Wildman–Crippen LogP) is -0.117. The van der Waals surface area contributed by atoms with Gasteiger partial charge in [0.25, 0.3) is 11.1 Å². The molecule has 0 saturated heterocycles. The molecule has 23 heavy (non-hydrogen) atoms. The van der Waals surface area contributed by atoms with Gasteiger partial charge in [0.2, 0.25) is 0 Å². The first-order chi connectivity index (χ1) is 10.9. The molecule has 0 fully saturated rings. The summed E-state index contributed by atoms with van der Waals surface area (Å²) < 4.78 is 7.49. The van der Waals surface area contributed by atoms with Crippen LogP contribution in [0.2, 0.25) is 0 Å². The highest BCUT2D eigenvalue weighted by atomic mass is 16.5. The van der Waals surface area contributed by atoms with Crippen molar-refractivity contribution in [3.8, 4) is 5.75 Å². The van der Waals surface area contributed by atoms with Crippen molar-refractivity contribution in [2.24, 2.45) is 14.1 Å². The third-order valence-corrected chi connectivity index (χ3v) is 3.62. The molecule has 0 spiro atoms. The highest BCUT2D eigenvalue weighted by Crippen LogP contribution is 2.12. The molecule has 0 aliphatic carbocycles. The number of hydrogen-bond donors (Lipinski definition) is 1. The Morgan fingerprint density at radius 2 is 1.65 bits per heavy atom. The fourth-order valence-corrected chi connectivity index (χ4v) is 2.08. The van der Waals surface area contributed by atoms with Crippen LogP contribution >= 0.6 is 0 Å². The first-order valence-corrected chi connectivity index (χ1v) is 6.87. The Hall–Kier alpha value is -3.02. The van der Waals surface area contributed by atoms with E-state index in [0.29, 0.717) is 5.75 Å². The third-order valence-electron chi connectivity index (χ3n) is 3.62. The summed E-state index contributed by atoms with van der Waals surface area (Å²) in [5, 5.41) is 9.86. The van der Waals surface area contributed by atoms with Crippen LogP contribution < -0.4 is 26.6 Å². The summed E-state index contributed by atoms with van der Waals surface area (Å²) in [6.07, 6.45) is 2.93. The maximum atomic E-state index is 12.2. The van der Waals surface area contributed by atoms with Crippen molar-refractivity contribution in [2.75, 3.05) is 7.11 Å². The molecule has 0 radical (unpaired) electrons. The lowest BCUT2D eigenvalue weighted by molar-refractivity contribution is 0.415. The van der Waals surface area contributed by atoms with Crippen molar-refractivity contribution in [1.82, 2.24) is 9.13 Å². The zero-order chi connectivity index (χ0) is 17.1. The molecule has 6 heteroatoms. The van der Waals surface area contributed by atoms with Crippen LogP contribution in [-0.4, -0.2) is 21.4 Å². The van der Waals surface area contributed by atoms with Crippen molar-refractivity contribution < 1.29 is 9.84 Å². The maximum absolute atomic E-state index is 12.2. The van der Waals surface area contributed by atoms with Gasteiger partial charge >= 0.3 is 0 Å². The molecule has 2 rings (SSSR count). The quantitative estimate of drug-likeness (QED) is 0.857. The van der Waals surface area contributed by atoms with Crippen molar-refractivity contribution >= 4 is 18.4 Å². The van der Waals surface area contributed by atoms with Crippen LogP contribution in [0.25, 0.3) is 18.4 Å². The summed E-state index contributed by atoms with van der Waals surface area (Å²) in [4.78, 5) is 24.4. The van der Waals surface area contributed by atoms with Crippen LogP contribution in [0.4, 0.5) is 0 Å². The van der Waals surface area contributed by atoms with Gasteiger partial charge in [-0.1, -0.05) is 24.8 Å². The van der Waals surface area contributed by atoms with Gasteiger partial charge in [-0.25, -0.2) is 0 Å². The minimum Gasteiger partial charge on any atom is -0.507 e. The minimum absolute atomic E-state index is 0.260. The summed E-state index contributed by atoms with van der Waals surface area (Å²) in [6, 6.07) is 7.12. The van der Waals surface area contributed by atoms with Gasteiger partial charge in [0, 0.05) is 14.1 Å². The summed E-state index contributed by atoms with van der Waals surface area (Å²) in [5.41, 5.74) is -0.125. The van der Waals surface area contributed by atoms with Gasteiger partial charge < -0.3 is 9.84 Å². The summed E-state index contributed by atoms with van der Waals surface area (Å²) in [6.45, 7) is 3.66. The average Bonchev–Trinajstić information content (AvgIpc) is 2.57. The van der Waals surface area contributed by atoms with E-state index in [0.717, 1.165) is 5.56 Å². The lowest BCUT2D eigenvalue weighted by Gasteiger charge is -2.04. The maximum Gasteiger partial charge on any atom is 0.268 e. The summed E-state index contributed by atoms with van der Waals surface area (Å²) in [7, 11) is 4.56. The zero-order valence-corrected chi connectivity index (χ0v) is 13.2. The second kappa shape index (κ2) is 6.39. The molecule has 1 N–H and O–H groups in total. The van der Waals surface area contributed by atoms with Crippen LogP contribution in [0.3, 0.4) is 0 Å². The molecule has 0 unspecified atom stereocenters. The topological polar surface area (TPSA) is 73.5 Å². The molecule has 1 aromatic carbocycles. The Balaban J connectivity index is 2.58. The summed E-state index contributed by atoms with van der Waals surface area (Å²) in [5.74, 6) is 0.325. The number of aromatic nitrogens is 2. The fourth-order valence-electron chi connectivity index (χ4n) is 2.08. The monoisotopic (exact) mass is 314 g/mol. The normalized spacial score (nSPS) is 10.9. The minimum atomic E-state index is -0.588. The van der Waals surface area contributed by atoms with Gasteiger partial charge in [-0.05, 0) is 23.8 Å². The van der Waals surface area contributed by atoms with Gasteiger partial charge in [-0.2, -0.15) is 0 Å². The van der Waals surface area contributed by atoms with E-state index in [2.05, 4.69) is 6.58 Å². The predicted molar refractivity (Wildman–Crippen MR) is 89.8 cm³/mol. The van der Waals surface area contributed by atoms with Crippen LogP contribution in [-0.2, 0) is 14.1 Å². The van der Waals surface area contributed by atoms with Crippen LogP contribution in [0.15, 0.2) is 39.9 Å². The van der Waals surface area contributed by atoms with Crippen molar-refractivity contribution in [2.45, 2.75) is 0 Å². The molecule has 120 valence electrons. The number of hydrogen-bond acceptors (Lipinski definition) is 4. The van der Waals surface area contributed by atoms with Crippen LogP contribution in [0.5, 0.6) is 5.75 Å². The Kier molecular flexibility index (Phi) is 4.55. The van der Waals surface area contributed by atoms with Crippen LogP contribution in [0, 0.1) is 0 Å². The van der Waals surface area contributed by atoms with E-state index in [1.807, 2.05) is 0 Å². The Morgan fingerprint density at radius 3 is 2.13 bits per heavy atom. The van der Waals surface area contributed by atoms with Crippen LogP contribution in [0.1, 0.15) is 5.56 Å². The Bertz CT molecular complexity index is 936. The van der Waals surface area contributed by atoms with Crippen molar-refractivity contribution in [3.05, 3.63) is 67.3 Å². The fraction of sp³-hybridized carbons (Fsp3) is 0.176. The first-order valence-electron chi connectivity index (χ1n) is 6.87. The molecule has 0 amide bonds. The highest BCUT2D eigenvalue weighted by Gasteiger charge is 2.07. The molecule has 6 nitrogen and oxygen atoms in total. The number of ether oxygens (including phenoxy) is 1. The van der Waals surface area contributed by atoms with E-state index in [-0.39, 0.29) is 16.5 Å². The van der Waals surface area contributed by atoms with Crippen molar-refractivity contribution in [3.63, 3.8) is 0 Å². The molecule has 0 aliphatic rings. The molecule has 0 aliphatic heterocycles. The SMILES string of the molecule is C=c1n(C)c(=O)c(=C(O)/C=C/c2ccc(OC)cc2)c(=O)n1C. The first kappa shape index (κ1) is 16.4. The molecule has 0 atom stereocenters. The van der Waals surface area contributed by atoms with Gasteiger partial charge in [-0.15, -0.1) is 0 Å². The smallest absolute Gasteiger partial charge is 0.268 e. The molecule has 1 heterocycles.